The maximum atomic E-state index is 14.4. The lowest BCUT2D eigenvalue weighted by Crippen LogP contribution is -2.47. The zero-order chi connectivity index (χ0) is 22.7. The van der Waals surface area contributed by atoms with E-state index in [1.54, 1.807) is 49.4 Å². The molecular formula is C25H20F2N4O. The third-order valence-electron chi connectivity index (χ3n) is 5.25. The molecule has 0 amide bonds. The van der Waals surface area contributed by atoms with Crippen LogP contribution in [0.15, 0.2) is 77.5 Å². The molecule has 2 aliphatic heterocycles. The zero-order valence-electron chi connectivity index (χ0n) is 17.3. The molecule has 7 heteroatoms. The van der Waals surface area contributed by atoms with Crippen LogP contribution in [0, 0.1) is 23.0 Å². The molecule has 0 aromatic heterocycles. The molecule has 2 aromatic carbocycles. The van der Waals surface area contributed by atoms with Crippen LogP contribution in [0.1, 0.15) is 18.1 Å². The number of nitrogens with zero attached hydrogens (tertiary/aromatic N) is 2. The van der Waals surface area contributed by atoms with Crippen molar-refractivity contribution in [2.24, 2.45) is 4.99 Å². The number of nitrogens with one attached hydrogen (secondary N) is 2. The molecule has 2 aromatic rings. The minimum atomic E-state index is -0.683. The molecule has 2 unspecified atom stereocenters. The second kappa shape index (κ2) is 8.98. The van der Waals surface area contributed by atoms with Crippen molar-refractivity contribution in [1.29, 1.82) is 5.26 Å². The molecule has 0 radical (unpaired) electrons. The monoisotopic (exact) mass is 430 g/mol. The van der Waals surface area contributed by atoms with Gasteiger partial charge >= 0.3 is 0 Å². The fraction of sp³-hybridized carbons (Fsp3) is 0.160. The van der Waals surface area contributed by atoms with E-state index in [0.29, 0.717) is 29.1 Å². The van der Waals surface area contributed by atoms with Crippen molar-refractivity contribution in [2.75, 3.05) is 11.9 Å². The lowest BCUT2D eigenvalue weighted by molar-refractivity contribution is -0.116. The second-order valence-electron chi connectivity index (χ2n) is 7.58. The standard InChI is InChI=1S/C25H20F2N4O/c1-15-2-5-17(21-9-6-18(26)11-22(21)27)10-23-25(30-15)24(32)12-20(31-23)14-29-19-7-3-16(13-28)4-8-19/h2-12,23,25,29,31H,14H2,1H3/b5-2-,17-10-,30-15-. The van der Waals surface area contributed by atoms with Crippen molar-refractivity contribution in [3.63, 3.8) is 0 Å². The summed E-state index contributed by atoms with van der Waals surface area (Å²) < 4.78 is 27.8. The Hall–Kier alpha value is -4.05. The molecule has 0 aliphatic carbocycles. The van der Waals surface area contributed by atoms with Crippen LogP contribution in [0.2, 0.25) is 0 Å². The van der Waals surface area contributed by atoms with E-state index >= 15 is 0 Å². The number of hydrogen-bond donors (Lipinski definition) is 2. The number of carbonyl (C=O) groups excluding carboxylic acids is 1. The predicted molar refractivity (Wildman–Crippen MR) is 120 cm³/mol. The van der Waals surface area contributed by atoms with Crippen molar-refractivity contribution in [3.8, 4) is 6.07 Å². The van der Waals surface area contributed by atoms with Gasteiger partial charge in [0.25, 0.3) is 0 Å². The SMILES string of the molecule is CC1=N/C2C(=O)C=C(CNc3ccc(C#N)cc3)NC2/C=C(c2ccc(F)cc2F)/C=C\1. The fourth-order valence-corrected chi connectivity index (χ4v) is 3.63. The van der Waals surface area contributed by atoms with Crippen molar-refractivity contribution in [2.45, 2.75) is 19.0 Å². The number of rotatable bonds is 4. The zero-order valence-corrected chi connectivity index (χ0v) is 17.3. The minimum Gasteiger partial charge on any atom is -0.379 e. The van der Waals surface area contributed by atoms with Crippen LogP contribution in [0.3, 0.4) is 0 Å². The third kappa shape index (κ3) is 4.65. The van der Waals surface area contributed by atoms with Crippen LogP contribution in [-0.4, -0.2) is 30.1 Å². The normalized spacial score (nSPS) is 24.2. The first-order chi connectivity index (χ1) is 15.4. The maximum absolute atomic E-state index is 14.4. The van der Waals surface area contributed by atoms with Gasteiger partial charge in [-0.2, -0.15) is 5.26 Å². The Balaban J connectivity index is 1.60. The van der Waals surface area contributed by atoms with E-state index in [9.17, 15) is 13.6 Å². The average molecular weight is 430 g/mol. The van der Waals surface area contributed by atoms with Gasteiger partial charge in [-0.15, -0.1) is 0 Å². The molecule has 2 atom stereocenters. The molecule has 5 nitrogen and oxygen atoms in total. The molecular weight excluding hydrogens is 410 g/mol. The summed E-state index contributed by atoms with van der Waals surface area (Å²) in [6.45, 7) is 2.13. The van der Waals surface area contributed by atoms with Crippen LogP contribution in [0.5, 0.6) is 0 Å². The van der Waals surface area contributed by atoms with Gasteiger partial charge in [-0.25, -0.2) is 8.78 Å². The van der Waals surface area contributed by atoms with E-state index in [1.807, 2.05) is 0 Å². The van der Waals surface area contributed by atoms with Gasteiger partial charge in [0.2, 0.25) is 0 Å². The molecule has 0 saturated carbocycles. The summed E-state index contributed by atoms with van der Waals surface area (Å²) in [6, 6.07) is 11.3. The van der Waals surface area contributed by atoms with Gasteiger partial charge in [0.15, 0.2) is 5.78 Å². The molecule has 2 heterocycles. The van der Waals surface area contributed by atoms with E-state index < -0.39 is 23.7 Å². The fourth-order valence-electron chi connectivity index (χ4n) is 3.63. The minimum absolute atomic E-state index is 0.157. The number of carbonyl (C=O) groups is 1. The Morgan fingerprint density at radius 1 is 1.16 bits per heavy atom. The number of allylic oxidation sites excluding steroid dienone is 3. The van der Waals surface area contributed by atoms with Crippen LogP contribution in [0.4, 0.5) is 14.5 Å². The Morgan fingerprint density at radius 2 is 1.94 bits per heavy atom. The Kier molecular flexibility index (Phi) is 5.95. The summed E-state index contributed by atoms with van der Waals surface area (Å²) >= 11 is 0. The van der Waals surface area contributed by atoms with Gasteiger partial charge in [-0.3, -0.25) is 9.79 Å². The lowest BCUT2D eigenvalue weighted by atomic mass is 9.92. The summed E-state index contributed by atoms with van der Waals surface area (Å²) in [4.78, 5) is 17.3. The number of hydrogen-bond acceptors (Lipinski definition) is 5. The van der Waals surface area contributed by atoms with Crippen molar-refractivity contribution in [1.82, 2.24) is 5.32 Å². The van der Waals surface area contributed by atoms with Gasteiger partial charge in [-0.1, -0.05) is 12.2 Å². The highest BCUT2D eigenvalue weighted by Crippen LogP contribution is 2.25. The van der Waals surface area contributed by atoms with E-state index in [4.69, 9.17) is 5.26 Å². The van der Waals surface area contributed by atoms with Crippen molar-refractivity contribution < 1.29 is 13.6 Å². The number of ketones is 1. The largest absolute Gasteiger partial charge is 0.379 e. The molecule has 0 saturated heterocycles. The first-order valence-electron chi connectivity index (χ1n) is 10.1. The Bertz CT molecular complexity index is 1220. The highest BCUT2D eigenvalue weighted by atomic mass is 19.1. The summed E-state index contributed by atoms with van der Waals surface area (Å²) in [5.41, 5.74) is 3.44. The van der Waals surface area contributed by atoms with Crippen LogP contribution >= 0.6 is 0 Å². The highest BCUT2D eigenvalue weighted by molar-refractivity contribution is 6.02. The van der Waals surface area contributed by atoms with Gasteiger partial charge in [0.1, 0.15) is 17.7 Å². The highest BCUT2D eigenvalue weighted by Gasteiger charge is 2.31. The molecule has 0 fully saturated rings. The van der Waals surface area contributed by atoms with Gasteiger partial charge in [0, 0.05) is 34.8 Å². The van der Waals surface area contributed by atoms with Gasteiger partial charge in [-0.05, 0) is 55.0 Å². The third-order valence-corrected chi connectivity index (χ3v) is 5.25. The van der Waals surface area contributed by atoms with Crippen LogP contribution < -0.4 is 10.6 Å². The number of benzene rings is 2. The summed E-state index contributed by atoms with van der Waals surface area (Å²) in [7, 11) is 0. The molecule has 32 heavy (non-hydrogen) atoms. The lowest BCUT2D eigenvalue weighted by Gasteiger charge is -2.30. The van der Waals surface area contributed by atoms with E-state index in [-0.39, 0.29) is 11.3 Å². The summed E-state index contributed by atoms with van der Waals surface area (Å²) in [5, 5.41) is 15.4. The smallest absolute Gasteiger partial charge is 0.184 e. The topological polar surface area (TPSA) is 77.3 Å². The quantitative estimate of drug-likeness (QED) is 0.764. The van der Waals surface area contributed by atoms with Gasteiger partial charge in [0.05, 0.1) is 24.2 Å². The first-order valence-corrected chi connectivity index (χ1v) is 10.1. The van der Waals surface area contributed by atoms with Crippen molar-refractivity contribution in [3.05, 3.63) is 95.2 Å². The molecule has 0 bridgehead atoms. The van der Waals surface area contributed by atoms with E-state index in [1.165, 1.54) is 18.2 Å². The number of anilines is 1. The predicted octanol–water partition coefficient (Wildman–Crippen LogP) is 4.16. The number of fused-ring (bicyclic) bond motifs is 1. The molecule has 160 valence electrons. The second-order valence-corrected chi connectivity index (χ2v) is 7.58. The number of halogens is 2. The van der Waals surface area contributed by atoms with Crippen molar-refractivity contribution >= 4 is 22.8 Å². The first kappa shape index (κ1) is 21.2. The Morgan fingerprint density at radius 3 is 2.66 bits per heavy atom. The number of nitriles is 1. The van der Waals surface area contributed by atoms with Crippen LogP contribution in [-0.2, 0) is 4.79 Å². The van der Waals surface area contributed by atoms with E-state index in [0.717, 1.165) is 11.8 Å². The average Bonchev–Trinajstić information content (AvgIpc) is 2.76. The summed E-state index contributed by atoms with van der Waals surface area (Å²) in [6.07, 6.45) is 6.69. The number of aliphatic imine (C=N–C) groups is 1. The molecule has 4 rings (SSSR count). The van der Waals surface area contributed by atoms with Crippen LogP contribution in [0.25, 0.3) is 5.57 Å². The molecule has 2 N–H and O–H groups in total. The summed E-state index contributed by atoms with van der Waals surface area (Å²) in [5.74, 6) is -1.48. The maximum Gasteiger partial charge on any atom is 0.184 e. The molecule has 2 aliphatic rings. The molecule has 0 spiro atoms. The van der Waals surface area contributed by atoms with E-state index in [2.05, 4.69) is 21.7 Å². The van der Waals surface area contributed by atoms with Gasteiger partial charge < -0.3 is 10.6 Å². The Labute approximate surface area is 184 Å².